The molecule has 3 aromatic rings. The number of pyridine rings is 2. The van der Waals surface area contributed by atoms with Crippen LogP contribution in [0.1, 0.15) is 50.4 Å². The highest BCUT2D eigenvalue weighted by Gasteiger charge is 2.33. The van der Waals surface area contributed by atoms with Crippen molar-refractivity contribution in [3.63, 3.8) is 0 Å². The summed E-state index contributed by atoms with van der Waals surface area (Å²) in [5.41, 5.74) is 4.82. The third-order valence-electron chi connectivity index (χ3n) is 8.07. The first-order valence-electron chi connectivity index (χ1n) is 14.9. The molecule has 12 nitrogen and oxygen atoms in total. The van der Waals surface area contributed by atoms with Gasteiger partial charge in [0.1, 0.15) is 23.7 Å². The van der Waals surface area contributed by atoms with Crippen molar-refractivity contribution in [1.82, 2.24) is 19.9 Å². The van der Waals surface area contributed by atoms with Crippen LogP contribution in [-0.2, 0) is 22.4 Å². The Kier molecular flexibility index (Phi) is 7.95. The molecule has 1 N–H and O–H groups in total. The van der Waals surface area contributed by atoms with Crippen LogP contribution in [0.25, 0.3) is 0 Å². The van der Waals surface area contributed by atoms with Gasteiger partial charge in [0.2, 0.25) is 11.8 Å². The number of piperidine rings is 1. The van der Waals surface area contributed by atoms with E-state index in [0.717, 1.165) is 72.9 Å². The maximum absolute atomic E-state index is 13.1. The molecule has 6 rings (SSSR count). The zero-order valence-electron chi connectivity index (χ0n) is 25.6. The fraction of sp³-hybridized carbons (Fsp3) is 0.516. The molecule has 0 bridgehead atoms. The number of anilines is 5. The van der Waals surface area contributed by atoms with Gasteiger partial charge >= 0.3 is 6.09 Å². The largest absolute Gasteiger partial charge is 0.474 e. The average Bonchev–Trinajstić information content (AvgIpc) is 3.00. The van der Waals surface area contributed by atoms with E-state index < -0.39 is 11.7 Å². The third-order valence-corrected chi connectivity index (χ3v) is 8.07. The molecule has 0 aromatic carbocycles. The molecule has 0 atom stereocenters. The molecule has 0 unspecified atom stereocenters. The van der Waals surface area contributed by atoms with Crippen molar-refractivity contribution in [1.29, 1.82) is 0 Å². The van der Waals surface area contributed by atoms with Gasteiger partial charge in [0.05, 0.1) is 48.7 Å². The van der Waals surface area contributed by atoms with Crippen molar-refractivity contribution in [3.05, 3.63) is 47.5 Å². The summed E-state index contributed by atoms with van der Waals surface area (Å²) in [6, 6.07) is 4.05. The average molecular weight is 589 g/mol. The van der Waals surface area contributed by atoms with E-state index >= 15 is 0 Å². The number of ether oxygens (including phenoxy) is 3. The fourth-order valence-corrected chi connectivity index (χ4v) is 5.81. The van der Waals surface area contributed by atoms with Gasteiger partial charge in [-0.15, -0.1) is 0 Å². The maximum atomic E-state index is 13.1. The summed E-state index contributed by atoms with van der Waals surface area (Å²) in [5, 5.41) is 3.32. The Hall–Kier alpha value is -4.19. The molecule has 1 amide bonds. The minimum absolute atomic E-state index is 0.336. The normalized spacial score (nSPS) is 17.2. The van der Waals surface area contributed by atoms with Gasteiger partial charge in [-0.1, -0.05) is 0 Å². The van der Waals surface area contributed by atoms with Crippen LogP contribution in [0.3, 0.4) is 0 Å². The molecular weight excluding hydrogens is 548 g/mol. The molecule has 3 aliphatic rings. The zero-order valence-corrected chi connectivity index (χ0v) is 25.6. The number of fused-ring (bicyclic) bond motifs is 2. The summed E-state index contributed by atoms with van der Waals surface area (Å²) < 4.78 is 17.0. The van der Waals surface area contributed by atoms with Crippen molar-refractivity contribution < 1.29 is 19.0 Å². The number of hydrogen-bond acceptors (Lipinski definition) is 11. The standard InChI is InChI=1S/C31H40N8O4/c1-20-25(18-33-28-27(20)39(14-15-42-28)30(40)43-31(2,3)4)38-11-8-21-16-34-29(36-24(21)19-38)35-22-6-7-26(32-17-22)37-12-9-23(41-5)10-13-37/h6-7,16-18,23H,8-15,19H2,1-5H3,(H,34,35,36). The van der Waals surface area contributed by atoms with Crippen LogP contribution in [-0.4, -0.2) is 77.6 Å². The first-order valence-corrected chi connectivity index (χ1v) is 14.9. The second-order valence-electron chi connectivity index (χ2n) is 12.2. The van der Waals surface area contributed by atoms with E-state index in [1.165, 1.54) is 0 Å². The van der Waals surface area contributed by atoms with Crippen LogP contribution < -0.4 is 24.8 Å². The maximum Gasteiger partial charge on any atom is 0.415 e. The number of carbonyl (C=O) groups excluding carboxylic acids is 1. The first-order chi connectivity index (χ1) is 20.7. The molecule has 0 spiro atoms. The Morgan fingerprint density at radius 1 is 1.02 bits per heavy atom. The van der Waals surface area contributed by atoms with Gasteiger partial charge < -0.3 is 29.3 Å². The second kappa shape index (κ2) is 11.8. The molecule has 43 heavy (non-hydrogen) atoms. The van der Waals surface area contributed by atoms with Crippen molar-refractivity contribution in [2.45, 2.75) is 65.2 Å². The summed E-state index contributed by atoms with van der Waals surface area (Å²) in [4.78, 5) is 37.9. The minimum atomic E-state index is -0.601. The molecular formula is C31H40N8O4. The minimum Gasteiger partial charge on any atom is -0.474 e. The molecule has 3 aromatic heterocycles. The Balaban J connectivity index is 1.16. The van der Waals surface area contributed by atoms with E-state index in [4.69, 9.17) is 19.2 Å². The van der Waals surface area contributed by atoms with Gasteiger partial charge in [-0.05, 0) is 64.7 Å². The van der Waals surface area contributed by atoms with Crippen molar-refractivity contribution >= 4 is 34.9 Å². The summed E-state index contributed by atoms with van der Waals surface area (Å²) in [6.07, 6.45) is 8.31. The van der Waals surface area contributed by atoms with E-state index in [0.29, 0.717) is 43.3 Å². The number of methoxy groups -OCH3 is 1. The van der Waals surface area contributed by atoms with E-state index in [-0.39, 0.29) is 0 Å². The number of hydrogen-bond donors (Lipinski definition) is 1. The van der Waals surface area contributed by atoms with E-state index in [1.54, 1.807) is 12.0 Å². The van der Waals surface area contributed by atoms with Crippen LogP contribution in [0.2, 0.25) is 0 Å². The monoisotopic (exact) mass is 588 g/mol. The van der Waals surface area contributed by atoms with E-state index in [9.17, 15) is 4.79 Å². The molecule has 6 heterocycles. The number of carbonyl (C=O) groups is 1. The van der Waals surface area contributed by atoms with E-state index in [2.05, 4.69) is 30.1 Å². The van der Waals surface area contributed by atoms with Crippen LogP contribution in [0.5, 0.6) is 5.88 Å². The lowest BCUT2D eigenvalue weighted by Crippen LogP contribution is -2.42. The predicted octanol–water partition coefficient (Wildman–Crippen LogP) is 4.63. The molecule has 1 saturated heterocycles. The van der Waals surface area contributed by atoms with Crippen LogP contribution in [0.15, 0.2) is 30.7 Å². The van der Waals surface area contributed by atoms with Crippen LogP contribution in [0.4, 0.5) is 33.6 Å². The number of rotatable bonds is 5. The van der Waals surface area contributed by atoms with Gasteiger partial charge in [0.25, 0.3) is 0 Å². The lowest BCUT2D eigenvalue weighted by Gasteiger charge is -2.35. The quantitative estimate of drug-likeness (QED) is 0.449. The predicted molar refractivity (Wildman–Crippen MR) is 165 cm³/mol. The van der Waals surface area contributed by atoms with E-state index in [1.807, 2.05) is 58.4 Å². The highest BCUT2D eigenvalue weighted by molar-refractivity contribution is 5.92. The molecule has 228 valence electrons. The van der Waals surface area contributed by atoms with Gasteiger partial charge in [-0.3, -0.25) is 4.90 Å². The Labute approximate surface area is 252 Å². The Bertz CT molecular complexity index is 1470. The van der Waals surface area contributed by atoms with Gasteiger partial charge in [0.15, 0.2) is 0 Å². The third kappa shape index (κ3) is 6.29. The molecule has 1 fully saturated rings. The summed E-state index contributed by atoms with van der Waals surface area (Å²) in [7, 11) is 1.78. The molecule has 0 saturated carbocycles. The number of nitrogens with zero attached hydrogens (tertiary/aromatic N) is 7. The van der Waals surface area contributed by atoms with Gasteiger partial charge in [-0.2, -0.15) is 0 Å². The molecule has 12 heteroatoms. The van der Waals surface area contributed by atoms with Crippen LogP contribution >= 0.6 is 0 Å². The lowest BCUT2D eigenvalue weighted by molar-refractivity contribution is 0.0566. The summed E-state index contributed by atoms with van der Waals surface area (Å²) in [5.74, 6) is 1.94. The summed E-state index contributed by atoms with van der Waals surface area (Å²) in [6.45, 7) is 11.6. The van der Waals surface area contributed by atoms with Crippen molar-refractivity contribution in [2.75, 3.05) is 59.9 Å². The first kappa shape index (κ1) is 28.9. The lowest BCUT2D eigenvalue weighted by atomic mass is 10.0. The molecule has 0 aliphatic carbocycles. The number of amides is 1. The second-order valence-corrected chi connectivity index (χ2v) is 12.2. The number of nitrogens with one attached hydrogen (secondary N) is 1. The number of aromatic nitrogens is 4. The fourth-order valence-electron chi connectivity index (χ4n) is 5.81. The molecule has 3 aliphatic heterocycles. The SMILES string of the molecule is COC1CCN(c2ccc(Nc3ncc4c(n3)CN(c3cnc5c(c3C)N(C(=O)OC(C)(C)C)CCO5)CC4)cn2)CC1. The Morgan fingerprint density at radius 2 is 1.84 bits per heavy atom. The Morgan fingerprint density at radius 3 is 2.56 bits per heavy atom. The zero-order chi connectivity index (χ0) is 30.1. The summed E-state index contributed by atoms with van der Waals surface area (Å²) >= 11 is 0. The topological polar surface area (TPSA) is 118 Å². The van der Waals surface area contributed by atoms with Gasteiger partial charge in [-0.25, -0.2) is 24.7 Å². The van der Waals surface area contributed by atoms with Gasteiger partial charge in [0, 0.05) is 38.5 Å². The smallest absolute Gasteiger partial charge is 0.415 e. The highest BCUT2D eigenvalue weighted by Crippen LogP contribution is 2.39. The van der Waals surface area contributed by atoms with Crippen molar-refractivity contribution in [2.24, 2.45) is 0 Å². The molecule has 0 radical (unpaired) electrons. The van der Waals surface area contributed by atoms with Crippen molar-refractivity contribution in [3.8, 4) is 5.88 Å². The van der Waals surface area contributed by atoms with Crippen LogP contribution in [0, 0.1) is 6.92 Å². The highest BCUT2D eigenvalue weighted by atomic mass is 16.6.